The molecule has 2 unspecified atom stereocenters. The van der Waals surface area contributed by atoms with Gasteiger partial charge < -0.3 is 5.73 Å². The second-order valence-corrected chi connectivity index (χ2v) is 6.66. The van der Waals surface area contributed by atoms with E-state index in [1.807, 2.05) is 30.3 Å². The van der Waals surface area contributed by atoms with Gasteiger partial charge in [0.1, 0.15) is 0 Å². The van der Waals surface area contributed by atoms with Crippen LogP contribution in [0.5, 0.6) is 0 Å². The van der Waals surface area contributed by atoms with Gasteiger partial charge in [0.25, 0.3) is 0 Å². The molecule has 1 aliphatic carbocycles. The van der Waals surface area contributed by atoms with Gasteiger partial charge in [-0.15, -0.1) is 0 Å². The lowest BCUT2D eigenvalue weighted by atomic mass is 10.1. The van der Waals surface area contributed by atoms with Gasteiger partial charge in [-0.2, -0.15) is 0 Å². The van der Waals surface area contributed by atoms with Gasteiger partial charge in [0, 0.05) is 5.92 Å². The van der Waals surface area contributed by atoms with Crippen molar-refractivity contribution >= 4 is 23.2 Å². The van der Waals surface area contributed by atoms with Crippen molar-refractivity contribution < 1.29 is 4.79 Å². The van der Waals surface area contributed by atoms with E-state index in [4.69, 9.17) is 18.0 Å². The van der Waals surface area contributed by atoms with Crippen LogP contribution in [0.4, 0.5) is 0 Å². The predicted octanol–water partition coefficient (Wildman–Crippen LogP) is 2.88. The van der Waals surface area contributed by atoms with Crippen LogP contribution < -0.4 is 11.2 Å². The molecule has 5 heteroatoms. The second-order valence-electron chi connectivity index (χ2n) is 6.25. The van der Waals surface area contributed by atoms with Gasteiger partial charge in [-0.1, -0.05) is 60.2 Å². The number of aryl methyl sites for hydroxylation is 1. The maximum atomic E-state index is 12.5. The van der Waals surface area contributed by atoms with Crippen molar-refractivity contribution in [3.63, 3.8) is 0 Å². The summed E-state index contributed by atoms with van der Waals surface area (Å²) < 4.78 is 0. The molecule has 3 rings (SSSR count). The van der Waals surface area contributed by atoms with E-state index in [0.29, 0.717) is 6.54 Å². The number of amides is 1. The number of nitrogens with two attached hydrogens (primary N) is 1. The quantitative estimate of drug-likeness (QED) is 0.664. The van der Waals surface area contributed by atoms with Crippen LogP contribution in [-0.4, -0.2) is 16.0 Å². The number of hydrazine groups is 1. The van der Waals surface area contributed by atoms with Gasteiger partial charge in [-0.3, -0.25) is 15.2 Å². The fraction of sp³-hybridized carbons (Fsp3) is 0.263. The average molecular weight is 339 g/mol. The minimum atomic E-state index is -0.0238. The Bertz CT molecular complexity index is 730. The zero-order chi connectivity index (χ0) is 17.1. The molecule has 2 aromatic rings. The van der Waals surface area contributed by atoms with E-state index in [1.165, 1.54) is 16.1 Å². The molecule has 1 amide bonds. The lowest BCUT2D eigenvalue weighted by Crippen LogP contribution is -2.48. The summed E-state index contributed by atoms with van der Waals surface area (Å²) in [6.45, 7) is 2.52. The van der Waals surface area contributed by atoms with Crippen molar-refractivity contribution in [2.45, 2.75) is 25.8 Å². The van der Waals surface area contributed by atoms with E-state index >= 15 is 0 Å². The Balaban J connectivity index is 1.60. The number of thiocarbonyl (C=S) groups is 1. The molecule has 2 aromatic carbocycles. The summed E-state index contributed by atoms with van der Waals surface area (Å²) in [5, 5.41) is 1.71. The van der Waals surface area contributed by atoms with Gasteiger partial charge in [0.05, 0.1) is 6.54 Å². The lowest BCUT2D eigenvalue weighted by Gasteiger charge is -2.23. The van der Waals surface area contributed by atoms with E-state index in [2.05, 4.69) is 36.6 Å². The van der Waals surface area contributed by atoms with Gasteiger partial charge in [0.2, 0.25) is 5.91 Å². The molecular weight excluding hydrogens is 318 g/mol. The van der Waals surface area contributed by atoms with Gasteiger partial charge in [-0.25, -0.2) is 0 Å². The van der Waals surface area contributed by atoms with Gasteiger partial charge in [0.15, 0.2) is 5.11 Å². The van der Waals surface area contributed by atoms with E-state index in [0.717, 1.165) is 12.0 Å². The molecule has 0 aliphatic heterocycles. The number of nitrogens with zero attached hydrogens (tertiary/aromatic N) is 1. The zero-order valence-corrected chi connectivity index (χ0v) is 14.4. The Morgan fingerprint density at radius 1 is 1.21 bits per heavy atom. The van der Waals surface area contributed by atoms with Crippen LogP contribution in [0.15, 0.2) is 54.6 Å². The molecule has 24 heavy (non-hydrogen) atoms. The first-order chi connectivity index (χ1) is 11.5. The highest BCUT2D eigenvalue weighted by molar-refractivity contribution is 7.80. The van der Waals surface area contributed by atoms with Crippen LogP contribution >= 0.6 is 12.2 Å². The van der Waals surface area contributed by atoms with E-state index in [1.54, 1.807) is 0 Å². The number of rotatable bonds is 4. The summed E-state index contributed by atoms with van der Waals surface area (Å²) in [7, 11) is 0. The number of carbonyl (C=O) groups excluding carboxylic acids is 1. The van der Waals surface area contributed by atoms with Crippen LogP contribution in [0, 0.1) is 12.8 Å². The van der Waals surface area contributed by atoms with Crippen molar-refractivity contribution in [2.75, 3.05) is 0 Å². The van der Waals surface area contributed by atoms with Crippen molar-refractivity contribution in [1.29, 1.82) is 0 Å². The van der Waals surface area contributed by atoms with Crippen molar-refractivity contribution in [3.8, 4) is 0 Å². The summed E-state index contributed by atoms with van der Waals surface area (Å²) >= 11 is 5.07. The first-order valence-corrected chi connectivity index (χ1v) is 8.43. The number of hydrogen-bond donors (Lipinski definition) is 2. The standard InChI is InChI=1S/C19H21N3OS/c1-13-7-9-15(10-8-13)16-11-17(16)18(23)21-22(19(20)24)12-14-5-3-2-4-6-14/h2-10,16-17H,11-12H2,1H3,(H2,20,24)(H,21,23). The Morgan fingerprint density at radius 3 is 2.50 bits per heavy atom. The summed E-state index contributed by atoms with van der Waals surface area (Å²) in [6, 6.07) is 18.2. The van der Waals surface area contributed by atoms with Crippen LogP contribution in [0.2, 0.25) is 0 Å². The normalized spacial score (nSPS) is 18.7. The number of nitrogens with one attached hydrogen (secondary N) is 1. The van der Waals surface area contributed by atoms with Gasteiger partial charge in [-0.05, 0) is 42.6 Å². The molecule has 1 fully saturated rings. The van der Waals surface area contributed by atoms with Crippen LogP contribution in [-0.2, 0) is 11.3 Å². The molecule has 0 aromatic heterocycles. The largest absolute Gasteiger partial charge is 0.375 e. The Kier molecular flexibility index (Phi) is 4.81. The first kappa shape index (κ1) is 16.5. The van der Waals surface area contributed by atoms with E-state index in [9.17, 15) is 4.79 Å². The SMILES string of the molecule is Cc1ccc(C2CC2C(=O)NN(Cc2ccccc2)C(N)=S)cc1. The Morgan fingerprint density at radius 2 is 1.88 bits per heavy atom. The van der Waals surface area contributed by atoms with E-state index in [-0.39, 0.29) is 22.9 Å². The molecule has 4 nitrogen and oxygen atoms in total. The highest BCUT2D eigenvalue weighted by atomic mass is 32.1. The molecule has 0 bridgehead atoms. The minimum Gasteiger partial charge on any atom is -0.375 e. The summed E-state index contributed by atoms with van der Waals surface area (Å²) in [5.41, 5.74) is 12.1. The Hall–Kier alpha value is -2.40. The smallest absolute Gasteiger partial charge is 0.242 e. The molecule has 2 atom stereocenters. The van der Waals surface area contributed by atoms with Crippen LogP contribution in [0.3, 0.4) is 0 Å². The highest BCUT2D eigenvalue weighted by Crippen LogP contribution is 2.47. The van der Waals surface area contributed by atoms with Crippen molar-refractivity contribution in [1.82, 2.24) is 10.4 Å². The molecule has 124 valence electrons. The van der Waals surface area contributed by atoms with Crippen molar-refractivity contribution in [2.24, 2.45) is 11.7 Å². The molecule has 0 heterocycles. The van der Waals surface area contributed by atoms with Crippen LogP contribution in [0.25, 0.3) is 0 Å². The molecule has 1 aliphatic rings. The average Bonchev–Trinajstić information content (AvgIpc) is 3.36. The third kappa shape index (κ3) is 3.92. The van der Waals surface area contributed by atoms with Crippen molar-refractivity contribution in [3.05, 3.63) is 71.3 Å². The molecule has 3 N–H and O–H groups in total. The molecule has 0 radical (unpaired) electrons. The topological polar surface area (TPSA) is 58.4 Å². The summed E-state index contributed by atoms with van der Waals surface area (Å²) in [6.07, 6.45) is 0.866. The number of hydrogen-bond acceptors (Lipinski definition) is 2. The fourth-order valence-corrected chi connectivity index (χ4v) is 2.93. The number of benzene rings is 2. The summed E-state index contributed by atoms with van der Waals surface area (Å²) in [5.74, 6) is 0.250. The third-order valence-electron chi connectivity index (χ3n) is 4.33. The fourth-order valence-electron chi connectivity index (χ4n) is 2.82. The second kappa shape index (κ2) is 7.01. The molecule has 0 saturated heterocycles. The predicted molar refractivity (Wildman–Crippen MR) is 98.9 cm³/mol. The third-order valence-corrected chi connectivity index (χ3v) is 4.55. The first-order valence-electron chi connectivity index (χ1n) is 8.02. The highest BCUT2D eigenvalue weighted by Gasteiger charge is 2.44. The molecular formula is C19H21N3OS. The molecule has 0 spiro atoms. The lowest BCUT2D eigenvalue weighted by molar-refractivity contribution is -0.125. The summed E-state index contributed by atoms with van der Waals surface area (Å²) in [4.78, 5) is 12.5. The number of carbonyl (C=O) groups is 1. The van der Waals surface area contributed by atoms with Gasteiger partial charge >= 0.3 is 0 Å². The maximum Gasteiger partial charge on any atom is 0.242 e. The zero-order valence-electron chi connectivity index (χ0n) is 13.6. The Labute approximate surface area is 147 Å². The maximum absolute atomic E-state index is 12.5. The van der Waals surface area contributed by atoms with Crippen LogP contribution in [0.1, 0.15) is 29.0 Å². The molecule has 1 saturated carbocycles. The van der Waals surface area contributed by atoms with E-state index < -0.39 is 0 Å². The monoisotopic (exact) mass is 339 g/mol. The minimum absolute atomic E-state index is 0.0136.